The summed E-state index contributed by atoms with van der Waals surface area (Å²) in [5.41, 5.74) is 2.78. The molecule has 1 amide bonds. The van der Waals surface area contributed by atoms with E-state index in [0.29, 0.717) is 44.0 Å². The second kappa shape index (κ2) is 12.4. The van der Waals surface area contributed by atoms with Crippen LogP contribution in [0.1, 0.15) is 31.0 Å². The highest BCUT2D eigenvalue weighted by atomic mass is 19.1. The van der Waals surface area contributed by atoms with Gasteiger partial charge in [0.05, 0.1) is 24.4 Å². The molecule has 8 heteroatoms. The molecule has 1 saturated heterocycles. The Labute approximate surface area is 217 Å². The van der Waals surface area contributed by atoms with Crippen LogP contribution in [0.2, 0.25) is 0 Å². The summed E-state index contributed by atoms with van der Waals surface area (Å²) in [7, 11) is 0. The molecule has 2 N–H and O–H groups in total. The first-order chi connectivity index (χ1) is 17.9. The van der Waals surface area contributed by atoms with Crippen molar-refractivity contribution in [2.24, 2.45) is 0 Å². The highest BCUT2D eigenvalue weighted by Gasteiger charge is 2.27. The Kier molecular flexibility index (Phi) is 8.74. The summed E-state index contributed by atoms with van der Waals surface area (Å²) in [4.78, 5) is 18.7. The van der Waals surface area contributed by atoms with Crippen LogP contribution >= 0.6 is 0 Å². The number of carbonyl (C=O) groups is 1. The van der Waals surface area contributed by atoms with Crippen molar-refractivity contribution in [3.63, 3.8) is 0 Å². The summed E-state index contributed by atoms with van der Waals surface area (Å²) in [5, 5.41) is 13.1. The Balaban J connectivity index is 1.48. The maximum Gasteiger partial charge on any atom is 0.234 e. The average molecular weight is 505 g/mol. The summed E-state index contributed by atoms with van der Waals surface area (Å²) in [6.07, 6.45) is 14.2. The largest absolute Gasteiger partial charge is 0.504 e. The Bertz CT molecular complexity index is 1250. The monoisotopic (exact) mass is 504 g/mol. The maximum atomic E-state index is 13.5. The number of aliphatic hydroxyl groups excluding tert-OH is 1. The molecule has 1 aromatic heterocycles. The zero-order valence-electron chi connectivity index (χ0n) is 21.1. The molecular weight excluding hydrogens is 471 g/mol. The SMILES string of the molecule is C=C/C=C(\C=C(/C)F)Cn1cncc1CN1CC(=O)NCC1Cc1cccc(OC2=C(O)C=CCC2)c1. The summed E-state index contributed by atoms with van der Waals surface area (Å²) in [6.45, 7) is 6.91. The number of ether oxygens (including phenoxy) is 1. The van der Waals surface area contributed by atoms with Crippen molar-refractivity contribution < 1.29 is 19.0 Å². The number of carbonyl (C=O) groups excluding carboxylic acids is 1. The number of imidazole rings is 1. The first-order valence-corrected chi connectivity index (χ1v) is 12.4. The number of nitrogens with one attached hydrogen (secondary N) is 1. The molecule has 7 nitrogen and oxygen atoms in total. The summed E-state index contributed by atoms with van der Waals surface area (Å²) < 4.78 is 21.5. The van der Waals surface area contributed by atoms with Crippen LogP contribution in [0.25, 0.3) is 0 Å². The number of aliphatic hydroxyl groups is 1. The first kappa shape index (κ1) is 26.2. The molecule has 1 aliphatic carbocycles. The minimum absolute atomic E-state index is 0.0182. The van der Waals surface area contributed by atoms with Gasteiger partial charge in [-0.05, 0) is 55.2 Å². The summed E-state index contributed by atoms with van der Waals surface area (Å²) in [5.74, 6) is 1.12. The van der Waals surface area contributed by atoms with E-state index < -0.39 is 0 Å². The van der Waals surface area contributed by atoms with Gasteiger partial charge in [-0.2, -0.15) is 0 Å². The van der Waals surface area contributed by atoms with Crippen LogP contribution in [0.15, 0.2) is 96.7 Å². The lowest BCUT2D eigenvalue weighted by Gasteiger charge is -2.35. The van der Waals surface area contributed by atoms with Gasteiger partial charge < -0.3 is 19.7 Å². The molecule has 4 rings (SSSR count). The zero-order chi connectivity index (χ0) is 26.2. The maximum absolute atomic E-state index is 13.5. The zero-order valence-corrected chi connectivity index (χ0v) is 21.1. The molecule has 2 aliphatic rings. The van der Waals surface area contributed by atoms with E-state index in [1.54, 1.807) is 30.8 Å². The van der Waals surface area contributed by atoms with Gasteiger partial charge in [-0.1, -0.05) is 36.9 Å². The third-order valence-electron chi connectivity index (χ3n) is 6.34. The molecule has 194 valence electrons. The highest BCUT2D eigenvalue weighted by Crippen LogP contribution is 2.24. The lowest BCUT2D eigenvalue weighted by atomic mass is 10.0. The van der Waals surface area contributed by atoms with Crippen LogP contribution in [-0.4, -0.2) is 44.6 Å². The van der Waals surface area contributed by atoms with Crippen LogP contribution in [0, 0.1) is 0 Å². The Morgan fingerprint density at radius 1 is 1.41 bits per heavy atom. The number of allylic oxidation sites excluding steroid dienone is 8. The third kappa shape index (κ3) is 7.30. The number of piperazine rings is 1. The predicted octanol–water partition coefficient (Wildman–Crippen LogP) is 4.91. The van der Waals surface area contributed by atoms with Crippen molar-refractivity contribution in [2.45, 2.75) is 45.3 Å². The van der Waals surface area contributed by atoms with Crippen molar-refractivity contribution in [3.05, 3.63) is 108 Å². The number of rotatable bonds is 10. The number of hydrogen-bond donors (Lipinski definition) is 2. The van der Waals surface area contributed by atoms with Crippen LogP contribution in [-0.2, 0) is 24.3 Å². The van der Waals surface area contributed by atoms with Gasteiger partial charge in [0.1, 0.15) is 11.5 Å². The van der Waals surface area contributed by atoms with Crippen molar-refractivity contribution in [3.8, 4) is 5.75 Å². The average Bonchev–Trinajstić information content (AvgIpc) is 3.29. The van der Waals surface area contributed by atoms with Crippen molar-refractivity contribution >= 4 is 5.91 Å². The van der Waals surface area contributed by atoms with Crippen molar-refractivity contribution in [2.75, 3.05) is 13.1 Å². The minimum atomic E-state index is -0.278. The molecule has 0 bridgehead atoms. The van der Waals surface area contributed by atoms with Gasteiger partial charge >= 0.3 is 0 Å². The van der Waals surface area contributed by atoms with E-state index in [0.717, 1.165) is 23.3 Å². The lowest BCUT2D eigenvalue weighted by molar-refractivity contribution is -0.125. The molecule has 2 aromatic rings. The van der Waals surface area contributed by atoms with Crippen LogP contribution in [0.5, 0.6) is 5.75 Å². The molecule has 0 spiro atoms. The molecule has 37 heavy (non-hydrogen) atoms. The van der Waals surface area contributed by atoms with E-state index >= 15 is 0 Å². The molecule has 2 heterocycles. The fraction of sp³-hybridized carbons (Fsp3) is 0.310. The predicted molar refractivity (Wildman–Crippen MR) is 141 cm³/mol. The van der Waals surface area contributed by atoms with Gasteiger partial charge in [0.2, 0.25) is 5.91 Å². The second-order valence-electron chi connectivity index (χ2n) is 9.29. The van der Waals surface area contributed by atoms with Gasteiger partial charge in [0.25, 0.3) is 0 Å². The molecular formula is C29H33FN4O3. The quantitative estimate of drug-likeness (QED) is 0.450. The molecule has 1 unspecified atom stereocenters. The fourth-order valence-corrected chi connectivity index (χ4v) is 4.58. The Morgan fingerprint density at radius 3 is 3.05 bits per heavy atom. The fourth-order valence-electron chi connectivity index (χ4n) is 4.58. The molecule has 1 aromatic carbocycles. The standard InChI is InChI=1S/C29H33FN4O3/c1-3-7-23(12-21(2)30)17-34-20-31-15-25(34)18-33-19-29(36)32-16-24(33)13-22-8-6-9-26(14-22)37-28-11-5-4-10-27(28)35/h3-4,6-10,12,14-15,20,24,35H,1,5,11,13,16-19H2,2H3,(H,32,36)/b21-12+,23-7+. The molecule has 0 saturated carbocycles. The minimum Gasteiger partial charge on any atom is -0.504 e. The normalized spacial score (nSPS) is 19.2. The number of amides is 1. The highest BCUT2D eigenvalue weighted by molar-refractivity contribution is 5.78. The van der Waals surface area contributed by atoms with Crippen molar-refractivity contribution in [1.82, 2.24) is 19.8 Å². The van der Waals surface area contributed by atoms with E-state index in [1.807, 2.05) is 34.9 Å². The smallest absolute Gasteiger partial charge is 0.234 e. The molecule has 1 fully saturated rings. The van der Waals surface area contributed by atoms with E-state index in [1.165, 1.54) is 13.0 Å². The van der Waals surface area contributed by atoms with Gasteiger partial charge in [-0.25, -0.2) is 9.37 Å². The Morgan fingerprint density at radius 2 is 2.27 bits per heavy atom. The summed E-state index contributed by atoms with van der Waals surface area (Å²) >= 11 is 0. The van der Waals surface area contributed by atoms with Crippen molar-refractivity contribution in [1.29, 1.82) is 0 Å². The molecule has 0 radical (unpaired) electrons. The second-order valence-corrected chi connectivity index (χ2v) is 9.29. The van der Waals surface area contributed by atoms with E-state index in [-0.39, 0.29) is 30.1 Å². The van der Waals surface area contributed by atoms with E-state index in [4.69, 9.17) is 4.74 Å². The topological polar surface area (TPSA) is 79.6 Å². The lowest BCUT2D eigenvalue weighted by Crippen LogP contribution is -2.54. The van der Waals surface area contributed by atoms with Gasteiger partial charge in [0, 0.05) is 38.3 Å². The first-order valence-electron chi connectivity index (χ1n) is 12.4. The van der Waals surface area contributed by atoms with Gasteiger partial charge in [0.15, 0.2) is 5.76 Å². The van der Waals surface area contributed by atoms with Gasteiger partial charge in [-0.3, -0.25) is 9.69 Å². The number of benzene rings is 1. The van der Waals surface area contributed by atoms with Gasteiger partial charge in [-0.15, -0.1) is 0 Å². The number of hydrogen-bond acceptors (Lipinski definition) is 5. The Hall–Kier alpha value is -3.91. The van der Waals surface area contributed by atoms with E-state index in [2.05, 4.69) is 21.8 Å². The van der Waals surface area contributed by atoms with E-state index in [9.17, 15) is 14.3 Å². The number of halogens is 1. The van der Waals surface area contributed by atoms with Crippen LogP contribution < -0.4 is 10.1 Å². The number of aromatic nitrogens is 2. The summed E-state index contributed by atoms with van der Waals surface area (Å²) in [6, 6.07) is 7.91. The molecule has 1 atom stereocenters. The van der Waals surface area contributed by atoms with Crippen LogP contribution in [0.3, 0.4) is 0 Å². The third-order valence-corrected chi connectivity index (χ3v) is 6.34. The van der Waals surface area contributed by atoms with Crippen LogP contribution in [0.4, 0.5) is 4.39 Å². The molecule has 1 aliphatic heterocycles. The number of nitrogens with zero attached hydrogens (tertiary/aromatic N) is 3.